The molecule has 0 fully saturated rings. The van der Waals surface area contributed by atoms with E-state index >= 15 is 0 Å². The van der Waals surface area contributed by atoms with Gasteiger partial charge in [-0.2, -0.15) is 0 Å². The van der Waals surface area contributed by atoms with Crippen molar-refractivity contribution < 1.29 is 0 Å². The van der Waals surface area contributed by atoms with Gasteiger partial charge in [-0.25, -0.2) is 9.97 Å². The lowest BCUT2D eigenvalue weighted by Gasteiger charge is -2.12. The molecule has 1 aromatic heterocycles. The van der Waals surface area contributed by atoms with Crippen LogP contribution in [-0.2, 0) is 0 Å². The van der Waals surface area contributed by atoms with Gasteiger partial charge < -0.3 is 10.6 Å². The zero-order valence-electron chi connectivity index (χ0n) is 10.5. The molecule has 0 aliphatic carbocycles. The smallest absolute Gasteiger partial charge is 0.150 e. The number of nitrogens with zero attached hydrogens (tertiary/aromatic N) is 2. The molecule has 2 rings (SSSR count). The summed E-state index contributed by atoms with van der Waals surface area (Å²) in [6, 6.07) is 7.53. The normalized spacial score (nSPS) is 10.3. The van der Waals surface area contributed by atoms with E-state index in [1.165, 1.54) is 6.33 Å². The van der Waals surface area contributed by atoms with E-state index in [-0.39, 0.29) is 0 Å². The summed E-state index contributed by atoms with van der Waals surface area (Å²) in [5, 5.41) is 7.07. The van der Waals surface area contributed by atoms with Crippen LogP contribution < -0.4 is 10.6 Å². The number of halogens is 2. The van der Waals surface area contributed by atoms with Crippen LogP contribution in [0.15, 0.2) is 35.1 Å². The molecule has 0 saturated carbocycles. The van der Waals surface area contributed by atoms with Crippen LogP contribution in [0, 0.1) is 0 Å². The summed E-state index contributed by atoms with van der Waals surface area (Å²) in [6.45, 7) is 2.96. The van der Waals surface area contributed by atoms with Gasteiger partial charge in [-0.15, -0.1) is 0 Å². The van der Waals surface area contributed by atoms with Crippen molar-refractivity contribution in [3.05, 3.63) is 40.1 Å². The Balaban J connectivity index is 2.23. The number of para-hydroxylation sites is 1. The van der Waals surface area contributed by atoms with Crippen molar-refractivity contribution in [1.29, 1.82) is 0 Å². The molecule has 0 amide bonds. The van der Waals surface area contributed by atoms with Crippen LogP contribution in [0.5, 0.6) is 0 Å². The van der Waals surface area contributed by atoms with Gasteiger partial charge in [-0.05, 0) is 34.5 Å². The van der Waals surface area contributed by atoms with Crippen molar-refractivity contribution >= 4 is 44.9 Å². The second-order valence-corrected chi connectivity index (χ2v) is 5.12. The Morgan fingerprint density at radius 2 is 1.95 bits per heavy atom. The van der Waals surface area contributed by atoms with Crippen molar-refractivity contribution in [2.45, 2.75) is 13.3 Å². The van der Waals surface area contributed by atoms with Gasteiger partial charge in [0.05, 0.1) is 10.7 Å². The van der Waals surface area contributed by atoms with Gasteiger partial charge in [0.2, 0.25) is 0 Å². The lowest BCUT2D eigenvalue weighted by atomic mass is 10.3. The monoisotopic (exact) mass is 340 g/mol. The second-order valence-electron chi connectivity index (χ2n) is 3.92. The average Bonchev–Trinajstić information content (AvgIpc) is 2.42. The van der Waals surface area contributed by atoms with Crippen molar-refractivity contribution in [1.82, 2.24) is 9.97 Å². The second kappa shape index (κ2) is 6.73. The van der Waals surface area contributed by atoms with Gasteiger partial charge >= 0.3 is 0 Å². The topological polar surface area (TPSA) is 49.8 Å². The fourth-order valence-electron chi connectivity index (χ4n) is 1.51. The molecule has 0 atom stereocenters. The van der Waals surface area contributed by atoms with E-state index in [0.29, 0.717) is 10.8 Å². The number of rotatable bonds is 5. The van der Waals surface area contributed by atoms with Crippen LogP contribution in [0.4, 0.5) is 17.3 Å². The van der Waals surface area contributed by atoms with E-state index < -0.39 is 0 Å². The van der Waals surface area contributed by atoms with Gasteiger partial charge in [0, 0.05) is 6.54 Å². The molecule has 2 N–H and O–H groups in total. The number of hydrogen-bond donors (Lipinski definition) is 2. The summed E-state index contributed by atoms with van der Waals surface area (Å²) < 4.78 is 0.795. The van der Waals surface area contributed by atoms with Crippen molar-refractivity contribution in [2.24, 2.45) is 0 Å². The molecule has 2 aromatic rings. The summed E-state index contributed by atoms with van der Waals surface area (Å²) >= 11 is 9.61. The zero-order chi connectivity index (χ0) is 13.7. The van der Waals surface area contributed by atoms with E-state index in [1.54, 1.807) is 0 Å². The van der Waals surface area contributed by atoms with Gasteiger partial charge in [0.25, 0.3) is 0 Å². The molecular formula is C13H14BrClN4. The largest absolute Gasteiger partial charge is 0.369 e. The fourth-order valence-corrected chi connectivity index (χ4v) is 2.14. The third kappa shape index (κ3) is 3.58. The van der Waals surface area contributed by atoms with E-state index in [1.807, 2.05) is 24.3 Å². The Morgan fingerprint density at radius 1 is 1.21 bits per heavy atom. The first-order valence-corrected chi connectivity index (χ1v) is 7.15. The van der Waals surface area contributed by atoms with Crippen molar-refractivity contribution in [2.75, 3.05) is 17.2 Å². The highest BCUT2D eigenvalue weighted by Crippen LogP contribution is 2.31. The first kappa shape index (κ1) is 14.1. The van der Waals surface area contributed by atoms with Crippen molar-refractivity contribution in [3.63, 3.8) is 0 Å². The van der Waals surface area contributed by atoms with E-state index in [4.69, 9.17) is 11.6 Å². The minimum Gasteiger partial charge on any atom is -0.369 e. The first-order valence-electron chi connectivity index (χ1n) is 5.98. The highest BCUT2D eigenvalue weighted by Gasteiger charge is 2.09. The Morgan fingerprint density at radius 3 is 2.68 bits per heavy atom. The zero-order valence-corrected chi connectivity index (χ0v) is 12.8. The minimum atomic E-state index is 0.649. The van der Waals surface area contributed by atoms with Gasteiger partial charge in [0.15, 0.2) is 0 Å². The molecule has 0 radical (unpaired) electrons. The Hall–Kier alpha value is -1.33. The van der Waals surface area contributed by atoms with Crippen LogP contribution in [0.1, 0.15) is 13.3 Å². The number of anilines is 3. The standard InChI is InChI=1S/C13H14BrClN4/c1-2-7-16-12-11(14)13(18-8-17-12)19-10-6-4-3-5-9(10)15/h3-6,8H,2,7H2,1H3,(H2,16,17,18,19). The third-order valence-corrected chi connectivity index (χ3v) is 3.54. The molecule has 1 aromatic carbocycles. The van der Waals surface area contributed by atoms with Gasteiger partial charge in [-0.3, -0.25) is 0 Å². The van der Waals surface area contributed by atoms with Crippen LogP contribution in [0.2, 0.25) is 5.02 Å². The molecule has 4 nitrogen and oxygen atoms in total. The van der Waals surface area contributed by atoms with Crippen LogP contribution in [0.3, 0.4) is 0 Å². The molecule has 100 valence electrons. The highest BCUT2D eigenvalue weighted by molar-refractivity contribution is 9.10. The minimum absolute atomic E-state index is 0.649. The predicted molar refractivity (Wildman–Crippen MR) is 83.2 cm³/mol. The molecule has 0 bridgehead atoms. The third-order valence-electron chi connectivity index (χ3n) is 2.46. The summed E-state index contributed by atoms with van der Waals surface area (Å²) in [6.07, 6.45) is 2.55. The first-order chi connectivity index (χ1) is 9.22. The molecule has 0 unspecified atom stereocenters. The number of aromatic nitrogens is 2. The number of nitrogens with one attached hydrogen (secondary N) is 2. The van der Waals surface area contributed by atoms with E-state index in [0.717, 1.165) is 28.9 Å². The predicted octanol–water partition coefficient (Wildman–Crippen LogP) is 4.46. The van der Waals surface area contributed by atoms with Crippen molar-refractivity contribution in [3.8, 4) is 0 Å². The maximum Gasteiger partial charge on any atom is 0.150 e. The van der Waals surface area contributed by atoms with Crippen LogP contribution >= 0.6 is 27.5 Å². The molecule has 0 aliphatic rings. The van der Waals surface area contributed by atoms with Crippen LogP contribution in [-0.4, -0.2) is 16.5 Å². The Bertz CT molecular complexity index is 562. The molecule has 19 heavy (non-hydrogen) atoms. The Kier molecular flexibility index (Phi) is 4.99. The molecule has 0 aliphatic heterocycles. The summed E-state index contributed by atoms with van der Waals surface area (Å²) in [5.41, 5.74) is 0.810. The molecule has 1 heterocycles. The van der Waals surface area contributed by atoms with Crippen LogP contribution in [0.25, 0.3) is 0 Å². The fraction of sp³-hybridized carbons (Fsp3) is 0.231. The Labute approximate surface area is 125 Å². The SMILES string of the molecule is CCCNc1ncnc(Nc2ccccc2Cl)c1Br. The molecular weight excluding hydrogens is 328 g/mol. The van der Waals surface area contributed by atoms with Gasteiger partial charge in [-0.1, -0.05) is 30.7 Å². The summed E-state index contributed by atoms with van der Waals surface area (Å²) in [5.74, 6) is 1.45. The number of hydrogen-bond acceptors (Lipinski definition) is 4. The lowest BCUT2D eigenvalue weighted by molar-refractivity contribution is 0.962. The van der Waals surface area contributed by atoms with Gasteiger partial charge in [0.1, 0.15) is 22.4 Å². The maximum absolute atomic E-state index is 6.11. The quantitative estimate of drug-likeness (QED) is 0.843. The maximum atomic E-state index is 6.11. The van der Waals surface area contributed by atoms with E-state index in [9.17, 15) is 0 Å². The average molecular weight is 342 g/mol. The number of benzene rings is 1. The molecule has 6 heteroatoms. The lowest BCUT2D eigenvalue weighted by Crippen LogP contribution is -2.05. The highest BCUT2D eigenvalue weighted by atomic mass is 79.9. The van der Waals surface area contributed by atoms with E-state index in [2.05, 4.69) is 43.5 Å². The molecule has 0 saturated heterocycles. The summed E-state index contributed by atoms with van der Waals surface area (Å²) in [7, 11) is 0. The summed E-state index contributed by atoms with van der Waals surface area (Å²) in [4.78, 5) is 8.41. The molecule has 0 spiro atoms.